The second-order valence-electron chi connectivity index (χ2n) is 7.25. The van der Waals surface area contributed by atoms with Crippen molar-refractivity contribution in [3.05, 3.63) is 86.9 Å². The Kier molecular flexibility index (Phi) is 5.63. The summed E-state index contributed by atoms with van der Waals surface area (Å²) in [5.74, 6) is 1.17. The number of halogens is 2. The van der Waals surface area contributed by atoms with Gasteiger partial charge in [-0.2, -0.15) is 0 Å². The summed E-state index contributed by atoms with van der Waals surface area (Å²) in [6.45, 7) is 2.02. The first-order valence-corrected chi connectivity index (χ1v) is 10.3. The highest BCUT2D eigenvalue weighted by molar-refractivity contribution is 6.35. The van der Waals surface area contributed by atoms with E-state index < -0.39 is 6.04 Å². The van der Waals surface area contributed by atoms with E-state index >= 15 is 0 Å². The fraction of sp³-hybridized carbons (Fsp3) is 0.208. The average Bonchev–Trinajstić information content (AvgIpc) is 2.73. The van der Waals surface area contributed by atoms with Gasteiger partial charge in [0.1, 0.15) is 0 Å². The maximum absolute atomic E-state index is 13.3. The number of nitrogens with zero attached hydrogens (tertiary/aromatic N) is 1. The Balaban J connectivity index is 1.97. The molecule has 4 rings (SSSR count). The molecular weight excluding hydrogens is 421 g/mol. The molecule has 3 aromatic carbocycles. The van der Waals surface area contributed by atoms with Crippen molar-refractivity contribution in [2.75, 3.05) is 19.1 Å². The smallest absolute Gasteiger partial charge is 0.232 e. The van der Waals surface area contributed by atoms with Crippen LogP contribution in [-0.2, 0) is 11.2 Å². The number of rotatable bonds is 4. The standard InChI is InChI=1S/C24H21Cl2NO3/c1-14-4-7-17(8-5-14)27-23(28)11-15-10-21(29-2)22(30-3)13-19(15)24(27)18-9-6-16(25)12-20(18)26/h4-10,12-13,24H,11H2,1-3H3/t24-/m1/s1. The Morgan fingerprint density at radius 2 is 1.57 bits per heavy atom. The molecule has 1 amide bonds. The van der Waals surface area contributed by atoms with Crippen LogP contribution in [0.2, 0.25) is 10.0 Å². The van der Waals surface area contributed by atoms with Crippen molar-refractivity contribution in [3.63, 3.8) is 0 Å². The van der Waals surface area contributed by atoms with Crippen LogP contribution in [0.5, 0.6) is 11.5 Å². The second-order valence-corrected chi connectivity index (χ2v) is 8.09. The van der Waals surface area contributed by atoms with E-state index in [2.05, 4.69) is 0 Å². The molecule has 0 saturated heterocycles. The zero-order valence-electron chi connectivity index (χ0n) is 16.9. The highest BCUT2D eigenvalue weighted by atomic mass is 35.5. The summed E-state index contributed by atoms with van der Waals surface area (Å²) in [7, 11) is 3.18. The van der Waals surface area contributed by atoms with Gasteiger partial charge in [0.05, 0.1) is 26.7 Å². The predicted molar refractivity (Wildman–Crippen MR) is 120 cm³/mol. The summed E-state index contributed by atoms with van der Waals surface area (Å²) in [6.07, 6.45) is 0.255. The van der Waals surface area contributed by atoms with Gasteiger partial charge in [-0.15, -0.1) is 0 Å². The quantitative estimate of drug-likeness (QED) is 0.498. The number of amides is 1. The van der Waals surface area contributed by atoms with Crippen LogP contribution in [0, 0.1) is 6.92 Å². The third kappa shape index (κ3) is 3.62. The topological polar surface area (TPSA) is 38.8 Å². The lowest BCUT2D eigenvalue weighted by atomic mass is 9.86. The Bertz CT molecular complexity index is 1110. The second kappa shape index (κ2) is 8.21. The van der Waals surface area contributed by atoms with E-state index in [-0.39, 0.29) is 12.3 Å². The van der Waals surface area contributed by atoms with Gasteiger partial charge < -0.3 is 14.4 Å². The molecular formula is C24H21Cl2NO3. The van der Waals surface area contributed by atoms with Gasteiger partial charge in [0.25, 0.3) is 0 Å². The molecule has 154 valence electrons. The van der Waals surface area contributed by atoms with Crippen LogP contribution in [0.15, 0.2) is 54.6 Å². The highest BCUT2D eigenvalue weighted by Gasteiger charge is 2.36. The summed E-state index contributed by atoms with van der Waals surface area (Å²) < 4.78 is 11.0. The number of carbonyl (C=O) groups is 1. The van der Waals surface area contributed by atoms with Gasteiger partial charge in [-0.1, -0.05) is 47.0 Å². The number of anilines is 1. The van der Waals surface area contributed by atoms with E-state index in [0.29, 0.717) is 21.5 Å². The lowest BCUT2D eigenvalue weighted by molar-refractivity contribution is -0.118. The molecule has 1 heterocycles. The molecule has 30 heavy (non-hydrogen) atoms. The first-order chi connectivity index (χ1) is 14.4. The molecule has 6 heteroatoms. The molecule has 1 aliphatic heterocycles. The normalized spacial score (nSPS) is 15.7. The fourth-order valence-electron chi connectivity index (χ4n) is 3.90. The molecule has 1 atom stereocenters. The van der Waals surface area contributed by atoms with Crippen LogP contribution in [0.1, 0.15) is 28.3 Å². The summed E-state index contributed by atoms with van der Waals surface area (Å²) in [6, 6.07) is 16.6. The Labute approximate surface area is 185 Å². The van der Waals surface area contributed by atoms with Crippen LogP contribution >= 0.6 is 23.2 Å². The summed E-state index contributed by atoms with van der Waals surface area (Å²) in [5, 5.41) is 1.04. The van der Waals surface area contributed by atoms with Gasteiger partial charge in [0.2, 0.25) is 5.91 Å². The van der Waals surface area contributed by atoms with Gasteiger partial charge in [-0.25, -0.2) is 0 Å². The van der Waals surface area contributed by atoms with E-state index in [4.69, 9.17) is 32.7 Å². The predicted octanol–water partition coefficient (Wildman–Crippen LogP) is 6.00. The maximum atomic E-state index is 13.3. The number of carbonyl (C=O) groups excluding carboxylic acids is 1. The van der Waals surface area contributed by atoms with Crippen molar-refractivity contribution in [2.24, 2.45) is 0 Å². The van der Waals surface area contributed by atoms with E-state index in [1.165, 1.54) is 0 Å². The fourth-order valence-corrected chi connectivity index (χ4v) is 4.42. The molecule has 0 N–H and O–H groups in total. The number of hydrogen-bond acceptors (Lipinski definition) is 3. The first-order valence-electron chi connectivity index (χ1n) is 9.51. The van der Waals surface area contributed by atoms with Crippen LogP contribution in [0.25, 0.3) is 0 Å². The number of ether oxygens (including phenoxy) is 2. The number of benzene rings is 3. The first kappa shape index (κ1) is 20.6. The summed E-state index contributed by atoms with van der Waals surface area (Å²) in [5.41, 5.74) is 4.55. The molecule has 0 fully saturated rings. The SMILES string of the molecule is COc1cc2c(cc1OC)[C@@H](c1ccc(Cl)cc1Cl)N(c1ccc(C)cc1)C(=O)C2. The van der Waals surface area contributed by atoms with Gasteiger partial charge in [-0.3, -0.25) is 4.79 Å². The molecule has 0 unspecified atom stereocenters. The molecule has 0 saturated carbocycles. The van der Waals surface area contributed by atoms with Crippen LogP contribution in [0.4, 0.5) is 5.69 Å². The molecule has 0 spiro atoms. The van der Waals surface area contributed by atoms with Gasteiger partial charge in [0, 0.05) is 15.7 Å². The monoisotopic (exact) mass is 441 g/mol. The lowest BCUT2D eigenvalue weighted by Crippen LogP contribution is -2.41. The molecule has 4 nitrogen and oxygen atoms in total. The lowest BCUT2D eigenvalue weighted by Gasteiger charge is -2.38. The summed E-state index contributed by atoms with van der Waals surface area (Å²) in [4.78, 5) is 15.1. The van der Waals surface area contributed by atoms with Crippen molar-refractivity contribution in [3.8, 4) is 11.5 Å². The van der Waals surface area contributed by atoms with E-state index in [1.54, 1.807) is 31.3 Å². The molecule has 0 aliphatic carbocycles. The highest BCUT2D eigenvalue weighted by Crippen LogP contribution is 2.45. The zero-order chi connectivity index (χ0) is 21.4. The van der Waals surface area contributed by atoms with Gasteiger partial charge in [-0.05, 0) is 60.0 Å². The Morgan fingerprint density at radius 1 is 0.900 bits per heavy atom. The summed E-state index contributed by atoms with van der Waals surface area (Å²) >= 11 is 12.8. The van der Waals surface area contributed by atoms with Crippen LogP contribution in [0.3, 0.4) is 0 Å². The average molecular weight is 442 g/mol. The van der Waals surface area contributed by atoms with Crippen LogP contribution < -0.4 is 14.4 Å². The molecule has 3 aromatic rings. The van der Waals surface area contributed by atoms with E-state index in [1.807, 2.05) is 49.4 Å². The minimum atomic E-state index is -0.423. The molecule has 0 aromatic heterocycles. The van der Waals surface area contributed by atoms with Gasteiger partial charge >= 0.3 is 0 Å². The number of aryl methyl sites for hydroxylation is 1. The molecule has 0 bridgehead atoms. The van der Waals surface area contributed by atoms with Crippen molar-refractivity contribution in [1.29, 1.82) is 0 Å². The van der Waals surface area contributed by atoms with E-state index in [9.17, 15) is 4.79 Å². The minimum Gasteiger partial charge on any atom is -0.493 e. The number of hydrogen-bond donors (Lipinski definition) is 0. The number of methoxy groups -OCH3 is 2. The zero-order valence-corrected chi connectivity index (χ0v) is 18.4. The van der Waals surface area contributed by atoms with Crippen molar-refractivity contribution >= 4 is 34.8 Å². The van der Waals surface area contributed by atoms with Crippen molar-refractivity contribution in [1.82, 2.24) is 0 Å². The van der Waals surface area contributed by atoms with Crippen LogP contribution in [-0.4, -0.2) is 20.1 Å². The third-order valence-corrected chi connectivity index (χ3v) is 5.94. The largest absolute Gasteiger partial charge is 0.493 e. The maximum Gasteiger partial charge on any atom is 0.232 e. The van der Waals surface area contributed by atoms with Crippen molar-refractivity contribution in [2.45, 2.75) is 19.4 Å². The minimum absolute atomic E-state index is 0.0189. The van der Waals surface area contributed by atoms with Crippen molar-refractivity contribution < 1.29 is 14.3 Å². The Morgan fingerprint density at radius 3 is 2.20 bits per heavy atom. The van der Waals surface area contributed by atoms with E-state index in [0.717, 1.165) is 27.9 Å². The Hall–Kier alpha value is -2.69. The molecule has 1 aliphatic rings. The third-order valence-electron chi connectivity index (χ3n) is 5.38. The number of fused-ring (bicyclic) bond motifs is 1. The molecule has 0 radical (unpaired) electrons. The van der Waals surface area contributed by atoms with Gasteiger partial charge in [0.15, 0.2) is 11.5 Å².